The molecule has 0 N–H and O–H groups in total. The lowest BCUT2D eigenvalue weighted by Crippen LogP contribution is -2.16. The minimum Gasteiger partial charge on any atom is -0.379 e. The van der Waals surface area contributed by atoms with Crippen molar-refractivity contribution < 1.29 is 9.47 Å². The van der Waals surface area contributed by atoms with Crippen molar-refractivity contribution in [3.05, 3.63) is 0 Å². The zero-order chi connectivity index (χ0) is 9.52. The first-order valence-electron chi connectivity index (χ1n) is 5.46. The first kappa shape index (κ1) is 11.0. The molecule has 13 heavy (non-hydrogen) atoms. The van der Waals surface area contributed by atoms with E-state index in [1.165, 1.54) is 19.3 Å². The van der Waals surface area contributed by atoms with Gasteiger partial charge in [-0.3, -0.25) is 0 Å². The normalized spacial score (nSPS) is 27.5. The maximum absolute atomic E-state index is 5.47. The highest BCUT2D eigenvalue weighted by Crippen LogP contribution is 2.21. The average Bonchev–Trinajstić information content (AvgIpc) is 2.14. The molecule has 1 saturated heterocycles. The van der Waals surface area contributed by atoms with Gasteiger partial charge < -0.3 is 9.47 Å². The van der Waals surface area contributed by atoms with Crippen LogP contribution in [-0.2, 0) is 9.47 Å². The third-order valence-electron chi connectivity index (χ3n) is 2.81. The van der Waals surface area contributed by atoms with Gasteiger partial charge in [-0.15, -0.1) is 0 Å². The monoisotopic (exact) mass is 186 g/mol. The van der Waals surface area contributed by atoms with Gasteiger partial charge in [-0.1, -0.05) is 13.8 Å². The van der Waals surface area contributed by atoms with Crippen molar-refractivity contribution in [2.45, 2.75) is 33.1 Å². The quantitative estimate of drug-likeness (QED) is 0.626. The molecule has 1 fully saturated rings. The lowest BCUT2D eigenvalue weighted by Gasteiger charge is -2.22. The number of hydrogen-bond acceptors (Lipinski definition) is 2. The molecule has 0 aliphatic carbocycles. The Hall–Kier alpha value is -0.0800. The maximum atomic E-state index is 5.47. The van der Waals surface area contributed by atoms with Gasteiger partial charge in [0.2, 0.25) is 0 Å². The molecule has 1 atom stereocenters. The van der Waals surface area contributed by atoms with E-state index in [-0.39, 0.29) is 0 Å². The first-order chi connectivity index (χ1) is 6.30. The lowest BCUT2D eigenvalue weighted by atomic mass is 9.88. The summed E-state index contributed by atoms with van der Waals surface area (Å²) in [6.07, 6.45) is 3.72. The number of rotatable bonds is 1. The van der Waals surface area contributed by atoms with Crippen LogP contribution in [0.5, 0.6) is 0 Å². The number of ether oxygens (including phenoxy) is 2. The highest BCUT2D eigenvalue weighted by Gasteiger charge is 2.13. The molecule has 0 aromatic heterocycles. The Morgan fingerprint density at radius 2 is 1.62 bits per heavy atom. The molecular weight excluding hydrogens is 164 g/mol. The summed E-state index contributed by atoms with van der Waals surface area (Å²) < 4.78 is 10.9. The zero-order valence-corrected chi connectivity index (χ0v) is 8.92. The summed E-state index contributed by atoms with van der Waals surface area (Å²) in [6.45, 7) is 7.96. The summed E-state index contributed by atoms with van der Waals surface area (Å²) in [6, 6.07) is 0. The van der Waals surface area contributed by atoms with Crippen LogP contribution in [-0.4, -0.2) is 26.4 Å². The van der Waals surface area contributed by atoms with E-state index < -0.39 is 0 Å². The largest absolute Gasteiger partial charge is 0.379 e. The fourth-order valence-corrected chi connectivity index (χ4v) is 1.82. The second-order valence-electron chi connectivity index (χ2n) is 4.16. The molecule has 0 amide bonds. The molecule has 1 unspecified atom stereocenters. The van der Waals surface area contributed by atoms with Gasteiger partial charge in [-0.25, -0.2) is 0 Å². The lowest BCUT2D eigenvalue weighted by molar-refractivity contribution is 0.0267. The first-order valence-corrected chi connectivity index (χ1v) is 5.46. The molecular formula is C11H22O2. The Balaban J connectivity index is 2.26. The average molecular weight is 186 g/mol. The summed E-state index contributed by atoms with van der Waals surface area (Å²) in [4.78, 5) is 0. The third kappa shape index (κ3) is 4.63. The van der Waals surface area contributed by atoms with Crippen LogP contribution >= 0.6 is 0 Å². The predicted molar refractivity (Wildman–Crippen MR) is 53.8 cm³/mol. The van der Waals surface area contributed by atoms with Gasteiger partial charge in [0.1, 0.15) is 0 Å². The molecule has 2 nitrogen and oxygen atoms in total. The molecule has 1 heterocycles. The van der Waals surface area contributed by atoms with Crippen molar-refractivity contribution >= 4 is 0 Å². The molecule has 0 aromatic rings. The van der Waals surface area contributed by atoms with E-state index in [2.05, 4.69) is 13.8 Å². The third-order valence-corrected chi connectivity index (χ3v) is 2.81. The van der Waals surface area contributed by atoms with E-state index in [0.29, 0.717) is 0 Å². The van der Waals surface area contributed by atoms with Crippen LogP contribution in [0.2, 0.25) is 0 Å². The summed E-state index contributed by atoms with van der Waals surface area (Å²) in [5.74, 6) is 1.60. The van der Waals surface area contributed by atoms with Crippen LogP contribution in [0.25, 0.3) is 0 Å². The highest BCUT2D eigenvalue weighted by atomic mass is 16.5. The summed E-state index contributed by atoms with van der Waals surface area (Å²) in [5, 5.41) is 0. The van der Waals surface area contributed by atoms with Crippen LogP contribution in [0.1, 0.15) is 33.1 Å². The Kier molecular flexibility index (Phi) is 5.40. The van der Waals surface area contributed by atoms with Crippen LogP contribution in [0.4, 0.5) is 0 Å². The van der Waals surface area contributed by atoms with Crippen LogP contribution in [0.15, 0.2) is 0 Å². The van der Waals surface area contributed by atoms with E-state index in [4.69, 9.17) is 9.47 Å². The molecule has 0 saturated carbocycles. The second kappa shape index (κ2) is 6.39. The van der Waals surface area contributed by atoms with Crippen LogP contribution in [0, 0.1) is 11.8 Å². The van der Waals surface area contributed by atoms with Gasteiger partial charge in [-0.2, -0.15) is 0 Å². The fourth-order valence-electron chi connectivity index (χ4n) is 1.82. The van der Waals surface area contributed by atoms with Gasteiger partial charge in [0, 0.05) is 13.2 Å². The van der Waals surface area contributed by atoms with Gasteiger partial charge in [-0.05, 0) is 31.1 Å². The van der Waals surface area contributed by atoms with Gasteiger partial charge in [0.05, 0.1) is 13.2 Å². The predicted octanol–water partition coefficient (Wildman–Crippen LogP) is 2.48. The van der Waals surface area contributed by atoms with Crippen molar-refractivity contribution in [3.63, 3.8) is 0 Å². The minimum atomic E-state index is 0.769. The molecule has 2 heteroatoms. The SMILES string of the molecule is CC(C)C1CCCOCCOCC1. The Bertz CT molecular complexity index is 113. The highest BCUT2D eigenvalue weighted by molar-refractivity contribution is 4.63. The van der Waals surface area contributed by atoms with E-state index in [1.54, 1.807) is 0 Å². The van der Waals surface area contributed by atoms with Crippen molar-refractivity contribution in [1.82, 2.24) is 0 Å². The molecule has 0 radical (unpaired) electrons. The molecule has 78 valence electrons. The van der Waals surface area contributed by atoms with E-state index in [1.807, 2.05) is 0 Å². The molecule has 0 spiro atoms. The summed E-state index contributed by atoms with van der Waals surface area (Å²) in [7, 11) is 0. The summed E-state index contributed by atoms with van der Waals surface area (Å²) in [5.41, 5.74) is 0. The van der Waals surface area contributed by atoms with E-state index in [0.717, 1.165) is 38.3 Å². The smallest absolute Gasteiger partial charge is 0.0700 e. The minimum absolute atomic E-state index is 0.769. The Morgan fingerprint density at radius 3 is 2.31 bits per heavy atom. The molecule has 1 aliphatic rings. The Labute approximate surface area is 81.6 Å². The van der Waals surface area contributed by atoms with Crippen LogP contribution in [0.3, 0.4) is 0 Å². The maximum Gasteiger partial charge on any atom is 0.0700 e. The molecule has 0 bridgehead atoms. The molecule has 1 aliphatic heterocycles. The van der Waals surface area contributed by atoms with Crippen molar-refractivity contribution in [2.75, 3.05) is 26.4 Å². The van der Waals surface area contributed by atoms with Gasteiger partial charge in [0.15, 0.2) is 0 Å². The molecule has 1 rings (SSSR count). The van der Waals surface area contributed by atoms with E-state index in [9.17, 15) is 0 Å². The van der Waals surface area contributed by atoms with Gasteiger partial charge in [0.25, 0.3) is 0 Å². The second-order valence-corrected chi connectivity index (χ2v) is 4.16. The van der Waals surface area contributed by atoms with E-state index >= 15 is 0 Å². The van der Waals surface area contributed by atoms with Crippen molar-refractivity contribution in [1.29, 1.82) is 0 Å². The van der Waals surface area contributed by atoms with Crippen LogP contribution < -0.4 is 0 Å². The summed E-state index contributed by atoms with van der Waals surface area (Å²) >= 11 is 0. The molecule has 0 aromatic carbocycles. The van der Waals surface area contributed by atoms with Gasteiger partial charge >= 0.3 is 0 Å². The standard InChI is InChI=1S/C11H22O2/c1-10(2)11-4-3-6-12-8-9-13-7-5-11/h10-11H,3-9H2,1-2H3. The Morgan fingerprint density at radius 1 is 0.923 bits per heavy atom. The fraction of sp³-hybridized carbons (Fsp3) is 1.00. The number of hydrogen-bond donors (Lipinski definition) is 0. The van der Waals surface area contributed by atoms with Crippen molar-refractivity contribution in [3.8, 4) is 0 Å². The van der Waals surface area contributed by atoms with Crippen molar-refractivity contribution in [2.24, 2.45) is 11.8 Å². The zero-order valence-electron chi connectivity index (χ0n) is 8.92. The topological polar surface area (TPSA) is 18.5 Å².